The van der Waals surface area contributed by atoms with Crippen LogP contribution in [-0.2, 0) is 21.2 Å². The smallest absolute Gasteiger partial charge is 0.240 e. The molecular weight excluding hydrogens is 364 g/mol. The molecule has 0 saturated carbocycles. The number of nitrogens with one attached hydrogen (secondary N) is 2. The van der Waals surface area contributed by atoms with Gasteiger partial charge in [-0.15, -0.1) is 0 Å². The van der Waals surface area contributed by atoms with E-state index in [9.17, 15) is 13.2 Å². The number of para-hydroxylation sites is 1. The summed E-state index contributed by atoms with van der Waals surface area (Å²) in [6.45, 7) is 6.35. The maximum Gasteiger partial charge on any atom is 0.240 e. The highest BCUT2D eigenvalue weighted by atomic mass is 32.2. The van der Waals surface area contributed by atoms with Crippen molar-refractivity contribution in [1.29, 1.82) is 0 Å². The highest BCUT2D eigenvalue weighted by molar-refractivity contribution is 7.89. The molecule has 0 aliphatic rings. The summed E-state index contributed by atoms with van der Waals surface area (Å²) in [5.41, 5.74) is 2.84. The van der Waals surface area contributed by atoms with Gasteiger partial charge in [-0.2, -0.15) is 0 Å². The molecular formula is C20H26N2O4S. The molecule has 1 amide bonds. The molecule has 27 heavy (non-hydrogen) atoms. The van der Waals surface area contributed by atoms with Crippen LogP contribution in [0.25, 0.3) is 0 Å². The van der Waals surface area contributed by atoms with Crippen molar-refractivity contribution in [3.05, 3.63) is 53.6 Å². The molecule has 2 aromatic rings. The zero-order chi connectivity index (χ0) is 19.9. The standard InChI is InChI=1S/C20H26N2O4S/c1-4-16-8-6-7-15(3)20(16)22-19(23)13-14-21-27(24,25)18-11-9-17(10-12-18)26-5-2/h6-12,21H,4-5,13-14H2,1-3H3,(H,22,23). The average Bonchev–Trinajstić information content (AvgIpc) is 2.64. The largest absolute Gasteiger partial charge is 0.494 e. The Bertz CT molecular complexity index is 877. The van der Waals surface area contributed by atoms with Gasteiger partial charge in [-0.3, -0.25) is 4.79 Å². The molecule has 6 nitrogen and oxygen atoms in total. The number of rotatable bonds is 9. The Kier molecular flexibility index (Phi) is 7.38. The molecule has 0 aliphatic heterocycles. The molecule has 7 heteroatoms. The first-order valence-electron chi connectivity index (χ1n) is 8.98. The molecule has 0 bridgehead atoms. The number of hydrogen-bond donors (Lipinski definition) is 2. The Balaban J connectivity index is 1.92. The number of anilines is 1. The molecule has 146 valence electrons. The Labute approximate surface area is 161 Å². The molecule has 2 N–H and O–H groups in total. The first-order chi connectivity index (χ1) is 12.9. The minimum Gasteiger partial charge on any atom is -0.494 e. The van der Waals surface area contributed by atoms with Crippen molar-refractivity contribution in [2.24, 2.45) is 0 Å². The van der Waals surface area contributed by atoms with Gasteiger partial charge in [0.15, 0.2) is 0 Å². The second-order valence-electron chi connectivity index (χ2n) is 6.06. The lowest BCUT2D eigenvalue weighted by atomic mass is 10.1. The van der Waals surface area contributed by atoms with Gasteiger partial charge in [-0.1, -0.05) is 25.1 Å². The topological polar surface area (TPSA) is 84.5 Å². The van der Waals surface area contributed by atoms with Crippen LogP contribution in [0.2, 0.25) is 0 Å². The van der Waals surface area contributed by atoms with Gasteiger partial charge in [0.25, 0.3) is 0 Å². The van der Waals surface area contributed by atoms with Crippen molar-refractivity contribution in [2.75, 3.05) is 18.5 Å². The van der Waals surface area contributed by atoms with Gasteiger partial charge in [0.05, 0.1) is 11.5 Å². The fourth-order valence-electron chi connectivity index (χ4n) is 2.67. The van der Waals surface area contributed by atoms with Gasteiger partial charge in [-0.25, -0.2) is 13.1 Å². The van der Waals surface area contributed by atoms with E-state index in [-0.39, 0.29) is 23.8 Å². The molecule has 2 rings (SSSR count). The van der Waals surface area contributed by atoms with Gasteiger partial charge >= 0.3 is 0 Å². The molecule has 0 aliphatic carbocycles. The maximum atomic E-state index is 12.3. The third-order valence-electron chi connectivity index (χ3n) is 4.09. The van der Waals surface area contributed by atoms with E-state index in [1.165, 1.54) is 12.1 Å². The minimum atomic E-state index is -3.67. The lowest BCUT2D eigenvalue weighted by Gasteiger charge is -2.13. The Hall–Kier alpha value is -2.38. The molecule has 0 unspecified atom stereocenters. The van der Waals surface area contributed by atoms with E-state index in [4.69, 9.17) is 4.74 Å². The second-order valence-corrected chi connectivity index (χ2v) is 7.83. The predicted octanol–water partition coefficient (Wildman–Crippen LogP) is 3.26. The first kappa shape index (κ1) is 20.9. The summed E-state index contributed by atoms with van der Waals surface area (Å²) >= 11 is 0. The lowest BCUT2D eigenvalue weighted by molar-refractivity contribution is -0.116. The van der Waals surface area contributed by atoms with Crippen molar-refractivity contribution in [2.45, 2.75) is 38.5 Å². The average molecular weight is 391 g/mol. The number of carbonyl (C=O) groups excluding carboxylic acids is 1. The third-order valence-corrected chi connectivity index (χ3v) is 5.57. The lowest BCUT2D eigenvalue weighted by Crippen LogP contribution is -2.28. The van der Waals surface area contributed by atoms with Crippen molar-refractivity contribution in [3.8, 4) is 5.75 Å². The van der Waals surface area contributed by atoms with Crippen LogP contribution in [0.3, 0.4) is 0 Å². The molecule has 0 radical (unpaired) electrons. The molecule has 0 fully saturated rings. The summed E-state index contributed by atoms with van der Waals surface area (Å²) in [5.74, 6) is 0.384. The second kappa shape index (κ2) is 9.53. The molecule has 0 spiro atoms. The van der Waals surface area contributed by atoms with Gasteiger partial charge in [0, 0.05) is 18.7 Å². The van der Waals surface area contributed by atoms with Crippen molar-refractivity contribution in [3.63, 3.8) is 0 Å². The van der Waals surface area contributed by atoms with Gasteiger partial charge in [-0.05, 0) is 55.7 Å². The van der Waals surface area contributed by atoms with Crippen molar-refractivity contribution in [1.82, 2.24) is 4.72 Å². The van der Waals surface area contributed by atoms with Crippen LogP contribution in [0.1, 0.15) is 31.4 Å². The number of ether oxygens (including phenoxy) is 1. The summed E-state index contributed by atoms with van der Waals surface area (Å²) in [6.07, 6.45) is 0.857. The predicted molar refractivity (Wildman–Crippen MR) is 107 cm³/mol. The van der Waals surface area contributed by atoms with Crippen LogP contribution < -0.4 is 14.8 Å². The van der Waals surface area contributed by atoms with Crippen LogP contribution in [0.4, 0.5) is 5.69 Å². The van der Waals surface area contributed by atoms with E-state index in [1.54, 1.807) is 12.1 Å². The summed E-state index contributed by atoms with van der Waals surface area (Å²) in [4.78, 5) is 12.3. The van der Waals surface area contributed by atoms with Crippen LogP contribution in [0, 0.1) is 6.92 Å². The van der Waals surface area contributed by atoms with E-state index >= 15 is 0 Å². The zero-order valence-electron chi connectivity index (χ0n) is 15.9. The Morgan fingerprint density at radius 1 is 1.07 bits per heavy atom. The molecule has 0 saturated heterocycles. The molecule has 0 aromatic heterocycles. The van der Waals surface area contributed by atoms with E-state index < -0.39 is 10.0 Å². The van der Waals surface area contributed by atoms with Gasteiger partial charge < -0.3 is 10.1 Å². The van der Waals surface area contributed by atoms with E-state index in [0.29, 0.717) is 12.4 Å². The summed E-state index contributed by atoms with van der Waals surface area (Å²) < 4.78 is 32.4. The highest BCUT2D eigenvalue weighted by Gasteiger charge is 2.15. The van der Waals surface area contributed by atoms with E-state index in [1.807, 2.05) is 39.0 Å². The van der Waals surface area contributed by atoms with Crippen LogP contribution in [-0.4, -0.2) is 27.5 Å². The first-order valence-corrected chi connectivity index (χ1v) is 10.5. The third kappa shape index (κ3) is 5.80. The SMILES string of the molecule is CCOc1ccc(S(=O)(=O)NCCC(=O)Nc2c(C)cccc2CC)cc1. The summed E-state index contributed by atoms with van der Waals surface area (Å²) in [5, 5.41) is 2.89. The van der Waals surface area contributed by atoms with Crippen LogP contribution in [0.15, 0.2) is 47.4 Å². The van der Waals surface area contributed by atoms with Crippen molar-refractivity contribution < 1.29 is 17.9 Å². The monoisotopic (exact) mass is 390 g/mol. The zero-order valence-corrected chi connectivity index (χ0v) is 16.7. The highest BCUT2D eigenvalue weighted by Crippen LogP contribution is 2.21. The molecule has 0 atom stereocenters. The van der Waals surface area contributed by atoms with Crippen molar-refractivity contribution >= 4 is 21.6 Å². The number of hydrogen-bond acceptors (Lipinski definition) is 4. The quantitative estimate of drug-likeness (QED) is 0.688. The van der Waals surface area contributed by atoms with Gasteiger partial charge in [0.1, 0.15) is 5.75 Å². The number of amides is 1. The fourth-order valence-corrected chi connectivity index (χ4v) is 3.70. The summed E-state index contributed by atoms with van der Waals surface area (Å²) in [7, 11) is -3.67. The van der Waals surface area contributed by atoms with E-state index in [2.05, 4.69) is 10.0 Å². The number of carbonyl (C=O) groups is 1. The Morgan fingerprint density at radius 2 is 1.78 bits per heavy atom. The van der Waals surface area contributed by atoms with E-state index in [0.717, 1.165) is 23.2 Å². The normalized spacial score (nSPS) is 11.2. The fraction of sp³-hybridized carbons (Fsp3) is 0.350. The number of benzene rings is 2. The van der Waals surface area contributed by atoms with Crippen LogP contribution >= 0.6 is 0 Å². The number of sulfonamides is 1. The molecule has 0 heterocycles. The van der Waals surface area contributed by atoms with Crippen LogP contribution in [0.5, 0.6) is 5.75 Å². The Morgan fingerprint density at radius 3 is 2.41 bits per heavy atom. The molecule has 2 aromatic carbocycles. The summed E-state index contributed by atoms with van der Waals surface area (Å²) in [6, 6.07) is 12.0. The minimum absolute atomic E-state index is 0.0225. The van der Waals surface area contributed by atoms with Gasteiger partial charge in [0.2, 0.25) is 15.9 Å². The maximum absolute atomic E-state index is 12.3. The number of aryl methyl sites for hydroxylation is 2.